The average molecular weight is 269 g/mol. The van der Waals surface area contributed by atoms with E-state index in [1.165, 1.54) is 12.1 Å². The number of fused-ring (bicyclic) bond motifs is 1. The lowest BCUT2D eigenvalue weighted by Gasteiger charge is -2.28. The first kappa shape index (κ1) is 12.7. The second-order valence-corrected chi connectivity index (χ2v) is 5.44. The van der Waals surface area contributed by atoms with E-state index in [1.807, 2.05) is 0 Å². The summed E-state index contributed by atoms with van der Waals surface area (Å²) in [4.78, 5) is 10.3. The standard InChI is InChI=1S/C15H15N3O2/c16-9-10-1-2-12-8-15(17-14(12)7-10)11-3-5-13(6-4-11)18(19)20/h3-6,8,10,12,14,17H,1-2,7H2. The summed E-state index contributed by atoms with van der Waals surface area (Å²) < 4.78 is 0. The molecule has 5 nitrogen and oxygen atoms in total. The van der Waals surface area contributed by atoms with Gasteiger partial charge >= 0.3 is 0 Å². The van der Waals surface area contributed by atoms with Crippen molar-refractivity contribution in [1.29, 1.82) is 5.26 Å². The largest absolute Gasteiger partial charge is 0.381 e. The molecule has 0 amide bonds. The number of hydrogen-bond acceptors (Lipinski definition) is 4. The number of non-ortho nitro benzene ring substituents is 1. The Labute approximate surface area is 117 Å². The van der Waals surface area contributed by atoms with Crippen LogP contribution in [0.25, 0.3) is 5.70 Å². The van der Waals surface area contributed by atoms with E-state index in [9.17, 15) is 10.1 Å². The van der Waals surface area contributed by atoms with Crippen molar-refractivity contribution in [3.05, 3.63) is 46.0 Å². The Balaban J connectivity index is 1.76. The first-order chi connectivity index (χ1) is 9.67. The van der Waals surface area contributed by atoms with Gasteiger partial charge in [-0.1, -0.05) is 6.08 Å². The van der Waals surface area contributed by atoms with Crippen molar-refractivity contribution in [3.63, 3.8) is 0 Å². The van der Waals surface area contributed by atoms with Crippen molar-refractivity contribution >= 4 is 11.4 Å². The number of nitrogens with one attached hydrogen (secondary N) is 1. The van der Waals surface area contributed by atoms with Gasteiger partial charge in [0.15, 0.2) is 0 Å². The van der Waals surface area contributed by atoms with Gasteiger partial charge in [-0.2, -0.15) is 5.26 Å². The van der Waals surface area contributed by atoms with E-state index in [0.29, 0.717) is 12.0 Å². The van der Waals surface area contributed by atoms with Gasteiger partial charge in [0.25, 0.3) is 5.69 Å². The minimum Gasteiger partial charge on any atom is -0.381 e. The highest BCUT2D eigenvalue weighted by atomic mass is 16.6. The molecule has 3 atom stereocenters. The van der Waals surface area contributed by atoms with Gasteiger partial charge in [0.05, 0.1) is 11.0 Å². The molecular weight excluding hydrogens is 254 g/mol. The van der Waals surface area contributed by atoms with Gasteiger partial charge in [-0.15, -0.1) is 0 Å². The van der Waals surface area contributed by atoms with Crippen LogP contribution >= 0.6 is 0 Å². The van der Waals surface area contributed by atoms with Crippen molar-refractivity contribution in [2.75, 3.05) is 0 Å². The van der Waals surface area contributed by atoms with E-state index in [2.05, 4.69) is 17.5 Å². The van der Waals surface area contributed by atoms with E-state index in [1.54, 1.807) is 12.1 Å². The van der Waals surface area contributed by atoms with Gasteiger partial charge in [0, 0.05) is 29.8 Å². The zero-order valence-electron chi connectivity index (χ0n) is 11.0. The minimum atomic E-state index is -0.391. The van der Waals surface area contributed by atoms with Crippen LogP contribution in [0.5, 0.6) is 0 Å². The molecule has 1 aliphatic heterocycles. The van der Waals surface area contributed by atoms with Crippen LogP contribution in [-0.4, -0.2) is 11.0 Å². The second-order valence-electron chi connectivity index (χ2n) is 5.44. The molecule has 1 aromatic carbocycles. The van der Waals surface area contributed by atoms with Crippen molar-refractivity contribution < 1.29 is 4.92 Å². The van der Waals surface area contributed by atoms with E-state index >= 15 is 0 Å². The number of hydrogen-bond donors (Lipinski definition) is 1. The maximum absolute atomic E-state index is 10.7. The van der Waals surface area contributed by atoms with Crippen LogP contribution in [0.1, 0.15) is 24.8 Å². The molecular formula is C15H15N3O2. The fourth-order valence-electron chi connectivity index (χ4n) is 3.08. The Bertz CT molecular complexity index is 601. The third-order valence-corrected chi connectivity index (χ3v) is 4.20. The van der Waals surface area contributed by atoms with Gasteiger partial charge in [0.1, 0.15) is 0 Å². The zero-order valence-corrected chi connectivity index (χ0v) is 11.0. The van der Waals surface area contributed by atoms with Crippen molar-refractivity contribution in [2.45, 2.75) is 25.3 Å². The predicted octanol–water partition coefficient (Wildman–Crippen LogP) is 2.85. The molecule has 0 saturated heterocycles. The van der Waals surface area contributed by atoms with Crippen molar-refractivity contribution in [1.82, 2.24) is 5.32 Å². The smallest absolute Gasteiger partial charge is 0.269 e. The molecule has 0 bridgehead atoms. The predicted molar refractivity (Wildman–Crippen MR) is 74.4 cm³/mol. The topological polar surface area (TPSA) is 79.0 Å². The van der Waals surface area contributed by atoms with Crippen LogP contribution in [0.4, 0.5) is 5.69 Å². The van der Waals surface area contributed by atoms with Crippen molar-refractivity contribution in [3.8, 4) is 6.07 Å². The molecule has 3 rings (SSSR count). The second kappa shape index (κ2) is 4.97. The summed E-state index contributed by atoms with van der Waals surface area (Å²) in [6, 6.07) is 9.28. The maximum atomic E-state index is 10.7. The van der Waals surface area contributed by atoms with E-state index in [0.717, 1.165) is 30.5 Å². The molecule has 1 saturated carbocycles. The zero-order chi connectivity index (χ0) is 14.1. The van der Waals surface area contributed by atoms with Gasteiger partial charge in [-0.3, -0.25) is 10.1 Å². The van der Waals surface area contributed by atoms with Crippen LogP contribution in [0.3, 0.4) is 0 Å². The summed E-state index contributed by atoms with van der Waals surface area (Å²) in [5.74, 6) is 0.623. The fourth-order valence-corrected chi connectivity index (χ4v) is 3.08. The Hall–Kier alpha value is -2.35. The van der Waals surface area contributed by atoms with Crippen LogP contribution < -0.4 is 5.32 Å². The van der Waals surface area contributed by atoms with Gasteiger partial charge < -0.3 is 5.32 Å². The molecule has 0 aromatic heterocycles. The quantitative estimate of drug-likeness (QED) is 0.661. The van der Waals surface area contributed by atoms with Gasteiger partial charge in [0.2, 0.25) is 0 Å². The lowest BCUT2D eigenvalue weighted by molar-refractivity contribution is -0.384. The van der Waals surface area contributed by atoms with Crippen LogP contribution in [-0.2, 0) is 0 Å². The SMILES string of the molecule is N#CC1CCC2C=C(c3ccc([N+](=O)[O-])cc3)NC2C1. The molecule has 1 fully saturated rings. The third-order valence-electron chi connectivity index (χ3n) is 4.20. The van der Waals surface area contributed by atoms with Crippen LogP contribution in [0.15, 0.2) is 30.3 Å². The normalized spacial score (nSPS) is 27.9. The van der Waals surface area contributed by atoms with E-state index in [-0.39, 0.29) is 11.6 Å². The molecule has 0 radical (unpaired) electrons. The number of nitro benzene ring substituents is 1. The highest BCUT2D eigenvalue weighted by molar-refractivity contribution is 5.67. The van der Waals surface area contributed by atoms with Crippen molar-refractivity contribution in [2.24, 2.45) is 11.8 Å². The Morgan fingerprint density at radius 3 is 2.70 bits per heavy atom. The van der Waals surface area contributed by atoms with E-state index in [4.69, 9.17) is 5.26 Å². The maximum Gasteiger partial charge on any atom is 0.269 e. The highest BCUT2D eigenvalue weighted by Crippen LogP contribution is 2.36. The third kappa shape index (κ3) is 2.25. The van der Waals surface area contributed by atoms with Gasteiger partial charge in [-0.05, 0) is 42.9 Å². The Morgan fingerprint density at radius 2 is 2.05 bits per heavy atom. The summed E-state index contributed by atoms with van der Waals surface area (Å²) in [7, 11) is 0. The molecule has 1 heterocycles. The molecule has 3 unspecified atom stereocenters. The molecule has 2 aliphatic rings. The molecule has 1 N–H and O–H groups in total. The van der Waals surface area contributed by atoms with Crippen LogP contribution in [0, 0.1) is 33.3 Å². The number of nitrogens with zero attached hydrogens (tertiary/aromatic N) is 2. The molecule has 5 heteroatoms. The first-order valence-electron chi connectivity index (χ1n) is 6.80. The fraction of sp³-hybridized carbons (Fsp3) is 0.400. The Morgan fingerprint density at radius 1 is 1.30 bits per heavy atom. The molecule has 102 valence electrons. The summed E-state index contributed by atoms with van der Waals surface area (Å²) in [5.41, 5.74) is 2.11. The molecule has 0 spiro atoms. The molecule has 1 aliphatic carbocycles. The van der Waals surface area contributed by atoms with Crippen LogP contribution in [0.2, 0.25) is 0 Å². The number of nitriles is 1. The summed E-state index contributed by atoms with van der Waals surface area (Å²) in [5, 5.41) is 23.1. The number of rotatable bonds is 2. The average Bonchev–Trinajstić information content (AvgIpc) is 2.90. The Kier molecular flexibility index (Phi) is 3.15. The summed E-state index contributed by atoms with van der Waals surface area (Å²) in [6.07, 6.45) is 5.09. The summed E-state index contributed by atoms with van der Waals surface area (Å²) in [6.45, 7) is 0. The lowest BCUT2D eigenvalue weighted by Crippen LogP contribution is -2.34. The first-order valence-corrected chi connectivity index (χ1v) is 6.80. The molecule has 1 aromatic rings. The summed E-state index contributed by atoms with van der Waals surface area (Å²) >= 11 is 0. The number of nitro groups is 1. The highest BCUT2D eigenvalue weighted by Gasteiger charge is 2.33. The number of benzene rings is 1. The van der Waals surface area contributed by atoms with Gasteiger partial charge in [-0.25, -0.2) is 0 Å². The minimum absolute atomic E-state index is 0.106. The van der Waals surface area contributed by atoms with E-state index < -0.39 is 4.92 Å². The molecule has 20 heavy (non-hydrogen) atoms. The lowest BCUT2D eigenvalue weighted by atomic mass is 9.80. The monoisotopic (exact) mass is 269 g/mol.